The van der Waals surface area contributed by atoms with Gasteiger partial charge in [0, 0.05) is 12.6 Å². The number of nitrogens with one attached hydrogen (secondary N) is 2. The van der Waals surface area contributed by atoms with E-state index >= 15 is 0 Å². The van der Waals surface area contributed by atoms with Crippen LogP contribution in [0.1, 0.15) is 47.2 Å². The number of nitrogens with zero attached hydrogens (tertiary/aromatic N) is 1. The van der Waals surface area contributed by atoms with Crippen LogP contribution in [0.4, 0.5) is 5.69 Å². The smallest absolute Gasteiger partial charge is 0.313 e. The second kappa shape index (κ2) is 14.6. The summed E-state index contributed by atoms with van der Waals surface area (Å²) in [7, 11) is 1.59. The minimum atomic E-state index is -1.10. The van der Waals surface area contributed by atoms with E-state index in [1.807, 2.05) is 73.7 Å². The first-order valence-corrected chi connectivity index (χ1v) is 16.1. The summed E-state index contributed by atoms with van der Waals surface area (Å²) in [5, 5.41) is 17.5. The molecular formula is C40H41N3O6. The molecule has 252 valence electrons. The number of methoxy groups -OCH3 is 1. The van der Waals surface area contributed by atoms with Gasteiger partial charge in [-0.25, -0.2) is 0 Å². The molecule has 5 aromatic rings. The van der Waals surface area contributed by atoms with E-state index in [0.29, 0.717) is 22.4 Å². The van der Waals surface area contributed by atoms with Gasteiger partial charge >= 0.3 is 5.97 Å². The second-order valence-corrected chi connectivity index (χ2v) is 12.9. The van der Waals surface area contributed by atoms with E-state index < -0.39 is 23.3 Å². The lowest BCUT2D eigenvalue weighted by molar-refractivity contribution is -0.142. The van der Waals surface area contributed by atoms with Gasteiger partial charge in [-0.1, -0.05) is 78.9 Å². The van der Waals surface area contributed by atoms with Crippen LogP contribution in [0.5, 0.6) is 5.75 Å². The zero-order chi connectivity index (χ0) is 35.3. The van der Waals surface area contributed by atoms with Crippen LogP contribution in [0.15, 0.2) is 102 Å². The summed E-state index contributed by atoms with van der Waals surface area (Å²) in [6.07, 6.45) is 1.94. The zero-order valence-corrected chi connectivity index (χ0v) is 28.4. The Balaban J connectivity index is 1.41. The molecule has 0 radical (unpaired) electrons. The first-order chi connectivity index (χ1) is 23.3. The number of aryl methyl sites for hydroxylation is 1. The number of hydrogen-bond acceptors (Lipinski definition) is 5. The molecule has 0 unspecified atom stereocenters. The molecule has 1 atom stereocenters. The van der Waals surface area contributed by atoms with Crippen molar-refractivity contribution in [3.8, 4) is 5.75 Å². The predicted molar refractivity (Wildman–Crippen MR) is 191 cm³/mol. The van der Waals surface area contributed by atoms with Crippen LogP contribution in [0.25, 0.3) is 10.8 Å². The highest BCUT2D eigenvalue weighted by atomic mass is 16.5. The monoisotopic (exact) mass is 659 g/mol. The summed E-state index contributed by atoms with van der Waals surface area (Å²) in [5.74, 6) is -1.14. The number of carboxylic acid groups (broad SMARTS) is 1. The maximum absolute atomic E-state index is 14.0. The quantitative estimate of drug-likeness (QED) is 0.152. The van der Waals surface area contributed by atoms with Gasteiger partial charge in [-0.2, -0.15) is 0 Å². The predicted octanol–water partition coefficient (Wildman–Crippen LogP) is 5.95. The van der Waals surface area contributed by atoms with Gasteiger partial charge in [-0.15, -0.1) is 0 Å². The van der Waals surface area contributed by atoms with E-state index in [-0.39, 0.29) is 36.5 Å². The Labute approximate surface area is 285 Å². The van der Waals surface area contributed by atoms with E-state index in [1.54, 1.807) is 62.9 Å². The third-order valence-corrected chi connectivity index (χ3v) is 9.03. The van der Waals surface area contributed by atoms with Crippen LogP contribution >= 0.6 is 0 Å². The van der Waals surface area contributed by atoms with Crippen molar-refractivity contribution in [1.29, 1.82) is 0 Å². The molecule has 0 aliphatic carbocycles. The molecule has 3 N–H and O–H groups in total. The van der Waals surface area contributed by atoms with E-state index in [0.717, 1.165) is 27.5 Å². The van der Waals surface area contributed by atoms with E-state index in [4.69, 9.17) is 4.74 Å². The van der Waals surface area contributed by atoms with Crippen LogP contribution in [0, 0.1) is 13.8 Å². The number of hydrogen-bond donors (Lipinski definition) is 3. The Hall–Kier alpha value is -5.70. The fourth-order valence-electron chi connectivity index (χ4n) is 5.70. The average molecular weight is 660 g/mol. The lowest BCUT2D eigenvalue weighted by Gasteiger charge is -2.22. The number of carbonyl (C=O) groups is 3. The van der Waals surface area contributed by atoms with Gasteiger partial charge in [0.05, 0.1) is 25.5 Å². The number of carboxylic acids is 1. The number of amides is 2. The van der Waals surface area contributed by atoms with Crippen LogP contribution in [-0.2, 0) is 39.2 Å². The molecule has 49 heavy (non-hydrogen) atoms. The number of ether oxygens (including phenoxy) is 1. The summed E-state index contributed by atoms with van der Waals surface area (Å²) < 4.78 is 6.80. The third-order valence-electron chi connectivity index (χ3n) is 9.03. The first kappa shape index (κ1) is 34.6. The Kier molecular flexibility index (Phi) is 10.3. The number of aromatic nitrogens is 1. The Morgan fingerprint density at radius 1 is 0.857 bits per heavy atom. The molecule has 0 saturated carbocycles. The van der Waals surface area contributed by atoms with Crippen LogP contribution in [0.2, 0.25) is 0 Å². The largest absolute Gasteiger partial charge is 0.497 e. The highest BCUT2D eigenvalue weighted by Crippen LogP contribution is 2.24. The Morgan fingerprint density at radius 3 is 2.14 bits per heavy atom. The van der Waals surface area contributed by atoms with Gasteiger partial charge in [-0.05, 0) is 84.0 Å². The topological polar surface area (TPSA) is 127 Å². The summed E-state index contributed by atoms with van der Waals surface area (Å²) in [6.45, 7) is 7.19. The molecule has 5 rings (SSSR count). The Morgan fingerprint density at radius 2 is 1.49 bits per heavy atom. The van der Waals surface area contributed by atoms with E-state index in [9.17, 15) is 24.3 Å². The molecule has 0 aliphatic rings. The maximum Gasteiger partial charge on any atom is 0.313 e. The van der Waals surface area contributed by atoms with Crippen molar-refractivity contribution in [2.24, 2.45) is 0 Å². The number of aliphatic carboxylic acids is 1. The minimum absolute atomic E-state index is 0.0541. The van der Waals surface area contributed by atoms with Crippen molar-refractivity contribution in [2.45, 2.75) is 58.5 Å². The summed E-state index contributed by atoms with van der Waals surface area (Å²) in [4.78, 5) is 52.9. The van der Waals surface area contributed by atoms with Gasteiger partial charge in [-0.3, -0.25) is 19.2 Å². The van der Waals surface area contributed by atoms with Crippen LogP contribution in [-0.4, -0.2) is 40.6 Å². The normalized spacial score (nSPS) is 11.9. The van der Waals surface area contributed by atoms with Gasteiger partial charge in [0.1, 0.15) is 17.5 Å². The lowest BCUT2D eigenvalue weighted by atomic mass is 9.84. The van der Waals surface area contributed by atoms with E-state index in [1.165, 1.54) is 0 Å². The van der Waals surface area contributed by atoms with Crippen molar-refractivity contribution in [2.75, 3.05) is 12.4 Å². The number of anilines is 1. The molecule has 2 amide bonds. The van der Waals surface area contributed by atoms with Crippen molar-refractivity contribution in [3.63, 3.8) is 0 Å². The first-order valence-electron chi connectivity index (χ1n) is 16.1. The standard InChI is InChI=1S/C40H41N3O6/c1-25-23-43(24-28-13-18-33(49-5)19-14-28)38(46)36(26(25)2)42-37(45)34(21-27-11-16-32(17-12-27)40(3,4)39(47)48)41-35(44)22-29-10-15-30-8-6-7-9-31(30)20-29/h6-20,23,34H,21-22,24H2,1-5H3,(H,41,44)(H,42,45)(H,47,48)/t34-/m0/s1. The molecule has 0 bridgehead atoms. The maximum atomic E-state index is 14.0. The number of fused-ring (bicyclic) bond motifs is 1. The SMILES string of the molecule is COc1ccc(Cn2cc(C)c(C)c(NC(=O)[C@H](Cc3ccc(C(C)(C)C(=O)O)cc3)NC(=O)Cc3ccc4ccccc4c3)c2=O)cc1. The molecule has 4 aromatic carbocycles. The number of benzene rings is 4. The molecule has 9 heteroatoms. The Bertz CT molecular complexity index is 2060. The van der Waals surface area contributed by atoms with Crippen LogP contribution in [0.3, 0.4) is 0 Å². The average Bonchev–Trinajstić information content (AvgIpc) is 3.09. The molecule has 0 aliphatic heterocycles. The van der Waals surface area contributed by atoms with Gasteiger partial charge in [0.25, 0.3) is 5.56 Å². The highest BCUT2D eigenvalue weighted by Gasteiger charge is 2.30. The van der Waals surface area contributed by atoms with Gasteiger partial charge in [0.2, 0.25) is 11.8 Å². The fraction of sp³-hybridized carbons (Fsp3) is 0.250. The molecule has 0 fully saturated rings. The lowest BCUT2D eigenvalue weighted by Crippen LogP contribution is -2.46. The minimum Gasteiger partial charge on any atom is -0.497 e. The van der Waals surface area contributed by atoms with Crippen molar-refractivity contribution in [3.05, 3.63) is 141 Å². The van der Waals surface area contributed by atoms with Crippen LogP contribution < -0.4 is 20.9 Å². The molecular weight excluding hydrogens is 618 g/mol. The highest BCUT2D eigenvalue weighted by molar-refractivity contribution is 5.98. The van der Waals surface area contributed by atoms with E-state index in [2.05, 4.69) is 10.6 Å². The van der Waals surface area contributed by atoms with Crippen molar-refractivity contribution < 1.29 is 24.2 Å². The third kappa shape index (κ3) is 8.06. The fourth-order valence-corrected chi connectivity index (χ4v) is 5.70. The second-order valence-electron chi connectivity index (χ2n) is 12.9. The number of rotatable bonds is 12. The zero-order valence-electron chi connectivity index (χ0n) is 28.4. The van der Waals surface area contributed by atoms with Gasteiger partial charge in [0.15, 0.2) is 0 Å². The van der Waals surface area contributed by atoms with Gasteiger partial charge < -0.3 is 25.0 Å². The molecule has 0 saturated heterocycles. The molecule has 0 spiro atoms. The molecule has 9 nitrogen and oxygen atoms in total. The molecule has 1 heterocycles. The number of pyridine rings is 1. The molecule has 1 aromatic heterocycles. The van der Waals surface area contributed by atoms with Crippen molar-refractivity contribution in [1.82, 2.24) is 9.88 Å². The summed E-state index contributed by atoms with van der Waals surface area (Å²) in [6, 6.07) is 27.0. The summed E-state index contributed by atoms with van der Waals surface area (Å²) in [5.41, 5.74) is 3.13. The number of carbonyl (C=O) groups excluding carboxylic acids is 2. The summed E-state index contributed by atoms with van der Waals surface area (Å²) >= 11 is 0. The van der Waals surface area contributed by atoms with Crippen molar-refractivity contribution >= 4 is 34.2 Å².